The molecule has 0 bridgehead atoms. The molecule has 7 heteroatoms. The van der Waals surface area contributed by atoms with Gasteiger partial charge in [-0.1, -0.05) is 101 Å². The summed E-state index contributed by atoms with van der Waals surface area (Å²) >= 11 is 1.61. The number of unbranched alkanes of at least 4 members (excludes halogenated alkanes) is 2. The van der Waals surface area contributed by atoms with Crippen molar-refractivity contribution in [1.82, 2.24) is 5.32 Å². The lowest BCUT2D eigenvalue weighted by Crippen LogP contribution is -2.47. The Bertz CT molecular complexity index is 1120. The van der Waals surface area contributed by atoms with Crippen molar-refractivity contribution in [2.24, 2.45) is 5.92 Å². The summed E-state index contributed by atoms with van der Waals surface area (Å²) in [6.45, 7) is 8.03. The summed E-state index contributed by atoms with van der Waals surface area (Å²) in [6.07, 6.45) is 31.1. The van der Waals surface area contributed by atoms with Crippen molar-refractivity contribution in [2.75, 3.05) is 5.75 Å². The molecular formula is C37H53NO5S. The fourth-order valence-electron chi connectivity index (χ4n) is 4.20. The van der Waals surface area contributed by atoms with E-state index in [0.29, 0.717) is 12.8 Å². The molecule has 0 fully saturated rings. The van der Waals surface area contributed by atoms with Crippen LogP contribution in [0.15, 0.2) is 85.0 Å². The molecule has 0 aromatic heterocycles. The van der Waals surface area contributed by atoms with Gasteiger partial charge in [-0.2, -0.15) is 0 Å². The molecule has 1 amide bonds. The van der Waals surface area contributed by atoms with Crippen molar-refractivity contribution in [1.29, 1.82) is 0 Å². The van der Waals surface area contributed by atoms with E-state index in [2.05, 4.69) is 73.0 Å². The van der Waals surface area contributed by atoms with Gasteiger partial charge in [0.05, 0.1) is 5.25 Å². The second-order valence-electron chi connectivity index (χ2n) is 10.9. The second-order valence-corrected chi connectivity index (χ2v) is 12.2. The highest BCUT2D eigenvalue weighted by atomic mass is 32.2. The minimum Gasteiger partial charge on any atom is -0.478 e. The average Bonchev–Trinajstić information content (AvgIpc) is 2.99. The number of carboxylic acids is 1. The first-order chi connectivity index (χ1) is 21.3. The van der Waals surface area contributed by atoms with Gasteiger partial charge in [0.2, 0.25) is 5.91 Å². The number of hydrogen-bond acceptors (Lipinski definition) is 5. The van der Waals surface area contributed by atoms with Crippen LogP contribution in [0.1, 0.15) is 102 Å². The normalized spacial score (nSPS) is 13.6. The number of amides is 1. The smallest absolute Gasteiger partial charge is 0.339 e. The number of benzene rings is 1. The predicted molar refractivity (Wildman–Crippen MR) is 185 cm³/mol. The summed E-state index contributed by atoms with van der Waals surface area (Å²) in [5.74, 6) is -1.06. The quantitative estimate of drug-likeness (QED) is 0.0546. The molecule has 1 aromatic carbocycles. The van der Waals surface area contributed by atoms with E-state index in [0.717, 1.165) is 57.1 Å². The molecule has 0 spiro atoms. The van der Waals surface area contributed by atoms with Crippen LogP contribution >= 0.6 is 11.8 Å². The first-order valence-electron chi connectivity index (χ1n) is 16.0. The molecule has 0 saturated carbocycles. The number of aromatic carboxylic acids is 1. The Kier molecular flexibility index (Phi) is 22.0. The van der Waals surface area contributed by atoms with E-state index in [-0.39, 0.29) is 28.4 Å². The molecule has 2 N–H and O–H groups in total. The summed E-state index contributed by atoms with van der Waals surface area (Å²) in [7, 11) is 0. The third kappa shape index (κ3) is 18.4. The standard InChI is InChI=1S/C37H53NO5S/c1-5-7-8-9-10-11-12-13-14-15-16-17-18-19-20-21-22-25-28-44-34(6-2)35(39)38-32(29-30(3)4)37(42)43-33-27-24-23-26-31(33)36(40)41/h7-8,10-11,13-14,16-17,19-20,23-24,26-27,30,32,34H,5-6,9,12,15,18,21-22,25,28-29H2,1-4H3,(H,38,39)(H,40,41)/b8-7-,11-10-,14-13-,17-16-,20-19-/t32?,34-/m0/s1. The fourth-order valence-corrected chi connectivity index (χ4v) is 5.31. The number of carbonyl (C=O) groups excluding carboxylic acids is 2. The number of para-hydroxylation sites is 1. The molecule has 44 heavy (non-hydrogen) atoms. The van der Waals surface area contributed by atoms with E-state index in [9.17, 15) is 19.5 Å². The van der Waals surface area contributed by atoms with Gasteiger partial charge in [-0.3, -0.25) is 4.79 Å². The van der Waals surface area contributed by atoms with Crippen molar-refractivity contribution < 1.29 is 24.2 Å². The van der Waals surface area contributed by atoms with Crippen LogP contribution in [0.3, 0.4) is 0 Å². The number of thioether (sulfide) groups is 1. The van der Waals surface area contributed by atoms with E-state index in [1.165, 1.54) is 12.1 Å². The lowest BCUT2D eigenvalue weighted by atomic mass is 10.0. The van der Waals surface area contributed by atoms with Gasteiger partial charge in [0.25, 0.3) is 0 Å². The number of carboxylic acid groups (broad SMARTS) is 1. The Morgan fingerprint density at radius 2 is 1.41 bits per heavy atom. The SMILES string of the molecule is CC/C=C\C/C=C\C/C=C\C/C=C\C/C=C\CCCCS[C@@H](CC)C(=O)NC(CC(C)C)C(=O)Oc1ccccc1C(=O)O. The highest BCUT2D eigenvalue weighted by molar-refractivity contribution is 8.00. The van der Waals surface area contributed by atoms with Crippen LogP contribution in [-0.2, 0) is 9.59 Å². The van der Waals surface area contributed by atoms with Crippen LogP contribution in [0, 0.1) is 5.92 Å². The van der Waals surface area contributed by atoms with Crippen molar-refractivity contribution in [3.63, 3.8) is 0 Å². The van der Waals surface area contributed by atoms with Gasteiger partial charge < -0.3 is 15.2 Å². The van der Waals surface area contributed by atoms with Crippen LogP contribution in [0.25, 0.3) is 0 Å². The van der Waals surface area contributed by atoms with Gasteiger partial charge in [-0.15, -0.1) is 11.8 Å². The predicted octanol–water partition coefficient (Wildman–Crippen LogP) is 9.25. The first kappa shape index (κ1) is 38.7. The summed E-state index contributed by atoms with van der Waals surface area (Å²) < 4.78 is 5.43. The molecule has 0 aliphatic rings. The van der Waals surface area contributed by atoms with Crippen molar-refractivity contribution >= 4 is 29.6 Å². The zero-order valence-electron chi connectivity index (χ0n) is 27.1. The number of nitrogens with one attached hydrogen (secondary N) is 1. The Morgan fingerprint density at radius 3 is 1.95 bits per heavy atom. The summed E-state index contributed by atoms with van der Waals surface area (Å²) in [6, 6.07) is 5.15. The van der Waals surface area contributed by atoms with Crippen LogP contribution in [0.5, 0.6) is 5.75 Å². The third-order valence-corrected chi connectivity index (χ3v) is 8.02. The molecule has 0 aliphatic carbocycles. The van der Waals surface area contributed by atoms with Crippen LogP contribution in [0.4, 0.5) is 0 Å². The lowest BCUT2D eigenvalue weighted by Gasteiger charge is -2.22. The minimum absolute atomic E-state index is 0.0260. The molecule has 6 nitrogen and oxygen atoms in total. The van der Waals surface area contributed by atoms with Gasteiger partial charge in [0, 0.05) is 0 Å². The highest BCUT2D eigenvalue weighted by Crippen LogP contribution is 2.21. The van der Waals surface area contributed by atoms with Crippen LogP contribution < -0.4 is 10.1 Å². The van der Waals surface area contributed by atoms with E-state index >= 15 is 0 Å². The molecule has 0 aliphatic heterocycles. The van der Waals surface area contributed by atoms with Crippen LogP contribution in [-0.4, -0.2) is 40.0 Å². The number of rotatable bonds is 23. The van der Waals surface area contributed by atoms with E-state index < -0.39 is 18.0 Å². The van der Waals surface area contributed by atoms with Crippen molar-refractivity contribution in [3.05, 3.63) is 90.6 Å². The maximum absolute atomic E-state index is 13.1. The van der Waals surface area contributed by atoms with Gasteiger partial charge in [-0.25, -0.2) is 9.59 Å². The maximum atomic E-state index is 13.1. The Morgan fingerprint density at radius 1 is 0.841 bits per heavy atom. The minimum atomic E-state index is -1.18. The topological polar surface area (TPSA) is 92.7 Å². The molecule has 1 unspecified atom stereocenters. The number of allylic oxidation sites excluding steroid dienone is 10. The van der Waals surface area contributed by atoms with Crippen LogP contribution in [0.2, 0.25) is 0 Å². The Balaban J connectivity index is 2.35. The Labute approximate surface area is 269 Å². The number of esters is 1. The zero-order chi connectivity index (χ0) is 32.4. The van der Waals surface area contributed by atoms with Gasteiger partial charge in [-0.05, 0) is 88.0 Å². The number of ether oxygens (including phenoxy) is 1. The van der Waals surface area contributed by atoms with E-state index in [4.69, 9.17) is 4.74 Å². The van der Waals surface area contributed by atoms with E-state index in [1.54, 1.807) is 23.9 Å². The molecular weight excluding hydrogens is 570 g/mol. The molecule has 242 valence electrons. The summed E-state index contributed by atoms with van der Waals surface area (Å²) in [4.78, 5) is 37.5. The molecule has 1 aromatic rings. The number of carbonyl (C=O) groups is 3. The van der Waals surface area contributed by atoms with Crippen molar-refractivity contribution in [2.45, 2.75) is 103 Å². The summed E-state index contributed by atoms with van der Waals surface area (Å²) in [5.41, 5.74) is -0.0953. The largest absolute Gasteiger partial charge is 0.478 e. The van der Waals surface area contributed by atoms with Gasteiger partial charge in [0.1, 0.15) is 17.4 Å². The molecule has 1 rings (SSSR count). The van der Waals surface area contributed by atoms with E-state index in [1.807, 2.05) is 20.8 Å². The molecule has 0 heterocycles. The third-order valence-electron chi connectivity index (χ3n) is 6.54. The first-order valence-corrected chi connectivity index (χ1v) is 17.1. The summed E-state index contributed by atoms with van der Waals surface area (Å²) in [5, 5.41) is 12.0. The molecule has 0 saturated heterocycles. The monoisotopic (exact) mass is 623 g/mol. The molecule has 0 radical (unpaired) electrons. The maximum Gasteiger partial charge on any atom is 0.339 e. The van der Waals surface area contributed by atoms with Crippen molar-refractivity contribution in [3.8, 4) is 5.75 Å². The fraction of sp³-hybridized carbons (Fsp3) is 0.486. The van der Waals surface area contributed by atoms with Gasteiger partial charge in [0.15, 0.2) is 0 Å². The lowest BCUT2D eigenvalue weighted by molar-refractivity contribution is -0.139. The second kappa shape index (κ2) is 25.1. The van der Waals surface area contributed by atoms with Gasteiger partial charge >= 0.3 is 11.9 Å². The number of hydrogen-bond donors (Lipinski definition) is 2. The Hall–Kier alpha value is -3.32. The zero-order valence-corrected chi connectivity index (χ0v) is 27.9. The average molecular weight is 624 g/mol. The highest BCUT2D eigenvalue weighted by Gasteiger charge is 2.28. The molecule has 2 atom stereocenters.